The smallest absolute Gasteiger partial charge is 0.170 e. The van der Waals surface area contributed by atoms with E-state index in [2.05, 4.69) is 35.9 Å². The molecule has 1 aliphatic rings. The Morgan fingerprint density at radius 2 is 2.00 bits per heavy atom. The van der Waals surface area contributed by atoms with Gasteiger partial charge in [0.05, 0.1) is 0 Å². The van der Waals surface area contributed by atoms with E-state index in [0.717, 1.165) is 18.7 Å². The molecule has 6 heteroatoms. The number of halogens is 1. The average molecular weight is 294 g/mol. The lowest BCUT2D eigenvalue weighted by atomic mass is 10.0. The van der Waals surface area contributed by atoms with Crippen LogP contribution >= 0.6 is 0 Å². The molecular weight excluding hydrogens is 271 g/mol. The first kappa shape index (κ1) is 15.7. The predicted molar refractivity (Wildman–Crippen MR) is 80.9 cm³/mol. The second-order valence-corrected chi connectivity index (χ2v) is 5.84. The van der Waals surface area contributed by atoms with E-state index in [-0.39, 0.29) is 11.7 Å². The van der Waals surface area contributed by atoms with E-state index in [0.29, 0.717) is 24.2 Å². The van der Waals surface area contributed by atoms with Gasteiger partial charge in [0.2, 0.25) is 0 Å². The highest BCUT2D eigenvalue weighted by Crippen LogP contribution is 2.19. The summed E-state index contributed by atoms with van der Waals surface area (Å²) >= 11 is 0. The van der Waals surface area contributed by atoms with Crippen molar-refractivity contribution in [3.8, 4) is 0 Å². The van der Waals surface area contributed by atoms with Crippen LogP contribution in [0, 0.1) is 5.82 Å². The molecule has 0 aromatic heterocycles. The summed E-state index contributed by atoms with van der Waals surface area (Å²) in [6.45, 7) is 6.92. The molecule has 0 spiro atoms. The Labute approximate surface area is 124 Å². The van der Waals surface area contributed by atoms with Crippen LogP contribution in [0.2, 0.25) is 0 Å². The van der Waals surface area contributed by atoms with E-state index in [4.69, 9.17) is 10.9 Å². The molecule has 5 nitrogen and oxygen atoms in total. The van der Waals surface area contributed by atoms with E-state index >= 15 is 0 Å². The van der Waals surface area contributed by atoms with Crippen molar-refractivity contribution in [1.29, 1.82) is 0 Å². The van der Waals surface area contributed by atoms with Crippen molar-refractivity contribution in [2.75, 3.05) is 20.1 Å². The van der Waals surface area contributed by atoms with Gasteiger partial charge in [-0.1, -0.05) is 11.2 Å². The second-order valence-electron chi connectivity index (χ2n) is 5.84. The molecule has 1 fully saturated rings. The number of rotatable bonds is 3. The number of nitrogens with two attached hydrogens (primary N) is 1. The Kier molecular flexibility index (Phi) is 4.80. The number of amidine groups is 1. The molecule has 2 unspecified atom stereocenters. The Morgan fingerprint density at radius 1 is 1.38 bits per heavy atom. The molecule has 116 valence electrons. The topological polar surface area (TPSA) is 65.1 Å². The van der Waals surface area contributed by atoms with Gasteiger partial charge in [-0.25, -0.2) is 4.39 Å². The van der Waals surface area contributed by atoms with Crippen LogP contribution in [-0.4, -0.2) is 53.1 Å². The standard InChI is InChI=1S/C15H23FN4O/c1-10-7-20(8-11(2)19(10)3)9-12-4-5-13(16)6-14(12)15(17)18-21/h4-6,10-11,21H,7-9H2,1-3H3,(H2,17,18). The van der Waals surface area contributed by atoms with Gasteiger partial charge in [-0.3, -0.25) is 9.80 Å². The molecule has 1 aromatic rings. The van der Waals surface area contributed by atoms with Gasteiger partial charge in [-0.15, -0.1) is 0 Å². The van der Waals surface area contributed by atoms with Gasteiger partial charge < -0.3 is 10.9 Å². The van der Waals surface area contributed by atoms with Crippen molar-refractivity contribution in [2.45, 2.75) is 32.5 Å². The Morgan fingerprint density at radius 3 is 2.57 bits per heavy atom. The molecule has 1 heterocycles. The number of piperazine rings is 1. The Bertz CT molecular complexity index is 522. The van der Waals surface area contributed by atoms with Gasteiger partial charge in [-0.2, -0.15) is 0 Å². The van der Waals surface area contributed by atoms with Crippen molar-refractivity contribution in [2.24, 2.45) is 10.9 Å². The lowest BCUT2D eigenvalue weighted by Crippen LogP contribution is -2.54. The fraction of sp³-hybridized carbons (Fsp3) is 0.533. The highest BCUT2D eigenvalue weighted by Gasteiger charge is 2.26. The lowest BCUT2D eigenvalue weighted by molar-refractivity contribution is 0.0556. The van der Waals surface area contributed by atoms with Crippen LogP contribution in [0.5, 0.6) is 0 Å². The minimum Gasteiger partial charge on any atom is -0.409 e. The molecule has 0 radical (unpaired) electrons. The third-order valence-electron chi connectivity index (χ3n) is 4.28. The molecule has 0 aliphatic carbocycles. The van der Waals surface area contributed by atoms with Crippen LogP contribution < -0.4 is 5.73 Å². The van der Waals surface area contributed by atoms with Crippen LogP contribution in [0.4, 0.5) is 4.39 Å². The van der Waals surface area contributed by atoms with Crippen molar-refractivity contribution < 1.29 is 9.60 Å². The van der Waals surface area contributed by atoms with Crippen molar-refractivity contribution >= 4 is 5.84 Å². The number of benzene rings is 1. The maximum absolute atomic E-state index is 13.4. The minimum absolute atomic E-state index is 0.0558. The molecule has 1 saturated heterocycles. The van der Waals surface area contributed by atoms with Gasteiger partial charge in [0, 0.05) is 37.3 Å². The number of hydrogen-bond acceptors (Lipinski definition) is 4. The van der Waals surface area contributed by atoms with E-state index in [1.807, 2.05) is 0 Å². The van der Waals surface area contributed by atoms with Gasteiger partial charge in [-0.05, 0) is 38.6 Å². The summed E-state index contributed by atoms with van der Waals surface area (Å²) in [6.07, 6.45) is 0. The monoisotopic (exact) mass is 294 g/mol. The number of hydrogen-bond donors (Lipinski definition) is 2. The summed E-state index contributed by atoms with van der Waals surface area (Å²) in [5, 5.41) is 11.8. The van der Waals surface area contributed by atoms with Crippen molar-refractivity contribution in [3.05, 3.63) is 35.1 Å². The normalized spacial score (nSPS) is 25.2. The summed E-state index contributed by atoms with van der Waals surface area (Å²) in [5.41, 5.74) is 6.98. The van der Waals surface area contributed by atoms with Gasteiger partial charge in [0.1, 0.15) is 5.82 Å². The van der Waals surface area contributed by atoms with Crippen molar-refractivity contribution in [3.63, 3.8) is 0 Å². The lowest BCUT2D eigenvalue weighted by Gasteiger charge is -2.42. The predicted octanol–water partition coefficient (Wildman–Crippen LogP) is 1.44. The number of oxime groups is 1. The molecule has 2 atom stereocenters. The van der Waals surface area contributed by atoms with Crippen LogP contribution in [-0.2, 0) is 6.54 Å². The zero-order valence-electron chi connectivity index (χ0n) is 12.8. The first-order chi connectivity index (χ1) is 9.92. The summed E-state index contributed by atoms with van der Waals surface area (Å²) in [5.74, 6) is -0.444. The first-order valence-corrected chi connectivity index (χ1v) is 7.13. The summed E-state index contributed by atoms with van der Waals surface area (Å²) < 4.78 is 13.4. The molecule has 21 heavy (non-hydrogen) atoms. The third kappa shape index (κ3) is 3.51. The van der Waals surface area contributed by atoms with E-state index in [1.54, 1.807) is 6.07 Å². The molecule has 0 amide bonds. The average Bonchev–Trinajstić information content (AvgIpc) is 2.45. The highest BCUT2D eigenvalue weighted by molar-refractivity contribution is 5.98. The largest absolute Gasteiger partial charge is 0.409 e. The summed E-state index contributed by atoms with van der Waals surface area (Å²) in [6, 6.07) is 5.35. The minimum atomic E-state index is -0.388. The van der Waals surface area contributed by atoms with Crippen LogP contribution in [0.1, 0.15) is 25.0 Å². The Balaban J connectivity index is 2.20. The van der Waals surface area contributed by atoms with Crippen LogP contribution in [0.25, 0.3) is 0 Å². The molecule has 0 saturated carbocycles. The van der Waals surface area contributed by atoms with Gasteiger partial charge >= 0.3 is 0 Å². The molecule has 1 aliphatic heterocycles. The molecule has 1 aromatic carbocycles. The molecule has 2 rings (SSSR count). The molecule has 3 N–H and O–H groups in total. The summed E-state index contributed by atoms with van der Waals surface area (Å²) in [7, 11) is 2.13. The highest BCUT2D eigenvalue weighted by atomic mass is 19.1. The van der Waals surface area contributed by atoms with E-state index in [9.17, 15) is 4.39 Å². The maximum atomic E-state index is 13.4. The Hall–Kier alpha value is -1.66. The third-order valence-corrected chi connectivity index (χ3v) is 4.28. The number of nitrogens with zero attached hydrogens (tertiary/aromatic N) is 3. The summed E-state index contributed by atoms with van der Waals surface area (Å²) in [4.78, 5) is 4.67. The molecule has 0 bridgehead atoms. The van der Waals surface area contributed by atoms with E-state index in [1.165, 1.54) is 12.1 Å². The SMILES string of the molecule is CC1CN(Cc2ccc(F)cc2/C(N)=N/O)CC(C)N1C. The maximum Gasteiger partial charge on any atom is 0.170 e. The van der Waals surface area contributed by atoms with Crippen LogP contribution in [0.3, 0.4) is 0 Å². The van der Waals surface area contributed by atoms with E-state index < -0.39 is 0 Å². The zero-order chi connectivity index (χ0) is 15.6. The fourth-order valence-corrected chi connectivity index (χ4v) is 2.86. The first-order valence-electron chi connectivity index (χ1n) is 7.13. The zero-order valence-corrected chi connectivity index (χ0v) is 12.8. The second kappa shape index (κ2) is 6.41. The molecular formula is C15H23FN4O. The quantitative estimate of drug-likeness (QED) is 0.383. The van der Waals surface area contributed by atoms with Crippen LogP contribution in [0.15, 0.2) is 23.4 Å². The van der Waals surface area contributed by atoms with Gasteiger partial charge in [0.25, 0.3) is 0 Å². The fourth-order valence-electron chi connectivity index (χ4n) is 2.86. The van der Waals surface area contributed by atoms with Crippen molar-refractivity contribution in [1.82, 2.24) is 9.80 Å². The number of likely N-dealkylation sites (N-methyl/N-ethyl adjacent to an activating group) is 1. The van der Waals surface area contributed by atoms with Gasteiger partial charge in [0.15, 0.2) is 5.84 Å².